The molecule has 4 aromatic rings. The van der Waals surface area contributed by atoms with Gasteiger partial charge in [0.2, 0.25) is 0 Å². The van der Waals surface area contributed by atoms with Gasteiger partial charge >= 0.3 is 6.61 Å². The Morgan fingerprint density at radius 1 is 1.11 bits per heavy atom. The van der Waals surface area contributed by atoms with Crippen LogP contribution < -0.4 is 10.3 Å². The molecule has 36 heavy (non-hydrogen) atoms. The first-order valence-corrected chi connectivity index (χ1v) is 11.8. The molecular formula is C27H25F3N4O2. The summed E-state index contributed by atoms with van der Waals surface area (Å²) in [5, 5.41) is 0. The number of aromatic nitrogens is 4. The molecule has 6 nitrogen and oxygen atoms in total. The topological polar surface area (TPSA) is 69.9 Å². The highest BCUT2D eigenvalue weighted by atomic mass is 19.3. The molecule has 9 heteroatoms. The van der Waals surface area contributed by atoms with Crippen molar-refractivity contribution in [1.29, 1.82) is 0 Å². The molecule has 1 aliphatic carbocycles. The molecule has 0 saturated heterocycles. The van der Waals surface area contributed by atoms with E-state index < -0.39 is 6.61 Å². The first-order valence-electron chi connectivity index (χ1n) is 11.8. The van der Waals surface area contributed by atoms with Crippen LogP contribution in [0.1, 0.15) is 59.2 Å². The van der Waals surface area contributed by atoms with E-state index in [0.717, 1.165) is 18.4 Å². The van der Waals surface area contributed by atoms with Crippen LogP contribution in [0, 0.1) is 19.7 Å². The lowest BCUT2D eigenvalue weighted by molar-refractivity contribution is -0.0507. The lowest BCUT2D eigenvalue weighted by Crippen LogP contribution is -2.27. The van der Waals surface area contributed by atoms with E-state index in [1.54, 1.807) is 25.3 Å². The first kappa shape index (κ1) is 24.0. The number of alkyl halides is 2. The van der Waals surface area contributed by atoms with Crippen molar-refractivity contribution in [2.45, 2.75) is 58.1 Å². The van der Waals surface area contributed by atoms with Crippen molar-refractivity contribution >= 4 is 11.2 Å². The number of hydrogen-bond donors (Lipinski definition) is 0. The van der Waals surface area contributed by atoms with Gasteiger partial charge in [-0.15, -0.1) is 0 Å². The van der Waals surface area contributed by atoms with Crippen LogP contribution in [-0.2, 0) is 6.54 Å². The van der Waals surface area contributed by atoms with Gasteiger partial charge in [0.15, 0.2) is 5.65 Å². The number of rotatable bonds is 6. The zero-order valence-electron chi connectivity index (χ0n) is 19.9. The van der Waals surface area contributed by atoms with Gasteiger partial charge in [-0.2, -0.15) is 8.78 Å². The molecule has 0 amide bonds. The number of benzene rings is 1. The highest BCUT2D eigenvalue weighted by Crippen LogP contribution is 2.44. The smallest absolute Gasteiger partial charge is 0.387 e. The Balaban J connectivity index is 1.57. The Morgan fingerprint density at radius 2 is 1.92 bits per heavy atom. The summed E-state index contributed by atoms with van der Waals surface area (Å²) in [7, 11) is 0. The van der Waals surface area contributed by atoms with Gasteiger partial charge in [-0.3, -0.25) is 19.3 Å². The molecule has 3 aromatic heterocycles. The van der Waals surface area contributed by atoms with Crippen molar-refractivity contribution in [3.05, 3.63) is 93.0 Å². The molecule has 5 rings (SSSR count). The van der Waals surface area contributed by atoms with E-state index in [1.165, 1.54) is 29.0 Å². The molecule has 3 heterocycles. The maximum atomic E-state index is 14.6. The van der Waals surface area contributed by atoms with E-state index in [9.17, 15) is 18.0 Å². The second-order valence-corrected chi connectivity index (χ2v) is 9.22. The predicted octanol–water partition coefficient (Wildman–Crippen LogP) is 5.64. The van der Waals surface area contributed by atoms with Crippen molar-refractivity contribution in [3.63, 3.8) is 0 Å². The van der Waals surface area contributed by atoms with Gasteiger partial charge in [0, 0.05) is 18.0 Å². The van der Waals surface area contributed by atoms with Crippen LogP contribution in [0.15, 0.2) is 53.6 Å². The van der Waals surface area contributed by atoms with E-state index in [4.69, 9.17) is 0 Å². The second kappa shape index (κ2) is 9.72. The summed E-state index contributed by atoms with van der Waals surface area (Å²) >= 11 is 0. The van der Waals surface area contributed by atoms with Crippen LogP contribution in [-0.4, -0.2) is 26.1 Å². The molecule has 0 unspecified atom stereocenters. The minimum Gasteiger partial charge on any atom is -0.433 e. The molecule has 0 spiro atoms. The van der Waals surface area contributed by atoms with Crippen LogP contribution in [0.4, 0.5) is 13.2 Å². The van der Waals surface area contributed by atoms with Gasteiger partial charge in [0.1, 0.15) is 22.8 Å². The highest BCUT2D eigenvalue weighted by Gasteiger charge is 2.32. The van der Waals surface area contributed by atoms with Gasteiger partial charge in [-0.25, -0.2) is 9.37 Å². The molecule has 0 bridgehead atoms. The fraction of sp³-hybridized carbons (Fsp3) is 0.333. The van der Waals surface area contributed by atoms with E-state index in [0.29, 0.717) is 34.4 Å². The van der Waals surface area contributed by atoms with E-state index >= 15 is 0 Å². The van der Waals surface area contributed by atoms with Gasteiger partial charge in [0.25, 0.3) is 5.56 Å². The molecule has 186 valence electrons. The molecule has 2 atom stereocenters. The molecule has 1 fully saturated rings. The van der Waals surface area contributed by atoms with Crippen LogP contribution >= 0.6 is 0 Å². The lowest BCUT2D eigenvalue weighted by Gasteiger charge is -2.18. The quantitative estimate of drug-likeness (QED) is 0.347. The number of aryl methyl sites for hydroxylation is 2. The summed E-state index contributed by atoms with van der Waals surface area (Å²) < 4.78 is 46.6. The van der Waals surface area contributed by atoms with E-state index in [2.05, 4.69) is 19.7 Å². The maximum absolute atomic E-state index is 14.6. The standard InChI is InChI=1S/C27H25F3N4O2/c1-15-5-3-6-20(28)24(15)18-9-8-17(11-18)19-12-21-25(33-16(2)13-32-21)34(26(19)35)14-22-23(36-27(29)30)7-4-10-31-22/h3-7,10,12-13,17-18,27H,8-9,11,14H2,1-2H3/t17-,18+/m0/s1. The summed E-state index contributed by atoms with van der Waals surface area (Å²) in [6, 6.07) is 9.72. The van der Waals surface area contributed by atoms with Crippen LogP contribution in [0.3, 0.4) is 0 Å². The van der Waals surface area contributed by atoms with Crippen LogP contribution in [0.2, 0.25) is 0 Å². The molecule has 0 radical (unpaired) electrons. The van der Waals surface area contributed by atoms with Crippen molar-refractivity contribution in [1.82, 2.24) is 19.5 Å². The minimum absolute atomic E-state index is 0.00526. The van der Waals surface area contributed by atoms with Gasteiger partial charge in [-0.05, 0) is 80.3 Å². The fourth-order valence-corrected chi connectivity index (χ4v) is 5.26. The maximum Gasteiger partial charge on any atom is 0.387 e. The Bertz CT molecular complexity index is 1470. The summed E-state index contributed by atoms with van der Waals surface area (Å²) in [5.41, 5.74) is 3.55. The van der Waals surface area contributed by atoms with Crippen molar-refractivity contribution in [3.8, 4) is 5.75 Å². The third-order valence-corrected chi connectivity index (χ3v) is 6.87. The molecular weight excluding hydrogens is 469 g/mol. The summed E-state index contributed by atoms with van der Waals surface area (Å²) in [6.45, 7) is 0.539. The number of hydrogen-bond acceptors (Lipinski definition) is 5. The highest BCUT2D eigenvalue weighted by molar-refractivity contribution is 5.71. The van der Waals surface area contributed by atoms with Crippen LogP contribution in [0.5, 0.6) is 5.75 Å². The normalized spacial score (nSPS) is 17.7. The Labute approximate surface area is 205 Å². The van der Waals surface area contributed by atoms with Gasteiger partial charge < -0.3 is 4.74 Å². The average Bonchev–Trinajstić information content (AvgIpc) is 3.31. The lowest BCUT2D eigenvalue weighted by atomic mass is 9.90. The van der Waals surface area contributed by atoms with Crippen molar-refractivity contribution < 1.29 is 17.9 Å². The molecule has 1 saturated carbocycles. The fourth-order valence-electron chi connectivity index (χ4n) is 5.26. The molecule has 1 aliphatic rings. The summed E-state index contributed by atoms with van der Waals surface area (Å²) in [4.78, 5) is 27.0. The van der Waals surface area contributed by atoms with Gasteiger partial charge in [0.05, 0.1) is 12.2 Å². The Morgan fingerprint density at radius 3 is 2.69 bits per heavy atom. The average molecular weight is 495 g/mol. The first-order chi connectivity index (χ1) is 17.3. The summed E-state index contributed by atoms with van der Waals surface area (Å²) in [6.07, 6.45) is 5.19. The monoisotopic (exact) mass is 494 g/mol. The zero-order chi connectivity index (χ0) is 25.4. The van der Waals surface area contributed by atoms with Gasteiger partial charge in [-0.1, -0.05) is 12.1 Å². The van der Waals surface area contributed by atoms with Crippen molar-refractivity contribution in [2.24, 2.45) is 0 Å². The largest absolute Gasteiger partial charge is 0.433 e. The third kappa shape index (κ3) is 4.57. The number of nitrogens with zero attached hydrogens (tertiary/aromatic N) is 4. The molecule has 0 N–H and O–H groups in total. The summed E-state index contributed by atoms with van der Waals surface area (Å²) in [5.74, 6) is -0.416. The Hall–Kier alpha value is -3.75. The number of halogens is 3. The molecule has 1 aromatic carbocycles. The van der Waals surface area contributed by atoms with Crippen molar-refractivity contribution in [2.75, 3.05) is 0 Å². The minimum atomic E-state index is -3.02. The SMILES string of the molecule is Cc1cnc2cc([C@H]3CC[C@@H](c4c(C)cccc4F)C3)c(=O)n(Cc3ncccc3OC(F)F)c2n1. The predicted molar refractivity (Wildman–Crippen MR) is 129 cm³/mol. The number of pyridine rings is 2. The van der Waals surface area contributed by atoms with Crippen LogP contribution in [0.25, 0.3) is 11.2 Å². The zero-order valence-corrected chi connectivity index (χ0v) is 19.9. The number of ether oxygens (including phenoxy) is 1. The van der Waals surface area contributed by atoms with E-state index in [-0.39, 0.29) is 41.2 Å². The third-order valence-electron chi connectivity index (χ3n) is 6.87. The number of fused-ring (bicyclic) bond motifs is 1. The second-order valence-electron chi connectivity index (χ2n) is 9.22. The van der Waals surface area contributed by atoms with E-state index in [1.807, 2.05) is 13.0 Å². The molecule has 0 aliphatic heterocycles. The Kier molecular flexibility index (Phi) is 6.47.